The molecule has 0 spiro atoms. The first-order valence-corrected chi connectivity index (χ1v) is 6.84. The molecule has 20 heavy (non-hydrogen) atoms. The molecular formula is C14H20ClN3O2. The van der Waals surface area contributed by atoms with E-state index in [0.717, 1.165) is 0 Å². The lowest BCUT2D eigenvalue weighted by Gasteiger charge is -2.15. The first-order chi connectivity index (χ1) is 9.35. The third kappa shape index (κ3) is 4.51. The zero-order valence-corrected chi connectivity index (χ0v) is 12.6. The Morgan fingerprint density at radius 1 is 1.30 bits per heavy atom. The Hall–Kier alpha value is -1.59. The van der Waals surface area contributed by atoms with Crippen LogP contribution >= 0.6 is 11.6 Å². The number of carbonyl (C=O) groups excluding carboxylic acids is 2. The molecule has 0 saturated carbocycles. The number of hydrogen-bond donors (Lipinski definition) is 3. The molecule has 5 nitrogen and oxygen atoms in total. The Bertz CT molecular complexity index is 503. The van der Waals surface area contributed by atoms with Gasteiger partial charge >= 0.3 is 0 Å². The smallest absolute Gasteiger partial charge is 0.253 e. The lowest BCUT2D eigenvalue weighted by atomic mass is 10.1. The van der Waals surface area contributed by atoms with E-state index in [0.29, 0.717) is 16.3 Å². The lowest BCUT2D eigenvalue weighted by molar-refractivity contribution is -0.119. The van der Waals surface area contributed by atoms with Crippen molar-refractivity contribution >= 4 is 29.1 Å². The van der Waals surface area contributed by atoms with Gasteiger partial charge in [0.1, 0.15) is 0 Å². The third-order valence-electron chi connectivity index (χ3n) is 2.71. The van der Waals surface area contributed by atoms with Crippen LogP contribution in [0.15, 0.2) is 18.2 Å². The summed E-state index contributed by atoms with van der Waals surface area (Å²) in [5, 5.41) is 5.92. The number of carbonyl (C=O) groups is 2. The van der Waals surface area contributed by atoms with E-state index in [1.165, 1.54) is 0 Å². The quantitative estimate of drug-likeness (QED) is 0.777. The van der Waals surface area contributed by atoms with Crippen molar-refractivity contribution in [3.63, 3.8) is 0 Å². The molecule has 1 unspecified atom stereocenters. The zero-order chi connectivity index (χ0) is 15.3. The van der Waals surface area contributed by atoms with Gasteiger partial charge < -0.3 is 16.4 Å². The van der Waals surface area contributed by atoms with Gasteiger partial charge in [0.25, 0.3) is 5.91 Å². The molecule has 0 aliphatic rings. The Morgan fingerprint density at radius 2 is 1.95 bits per heavy atom. The van der Waals surface area contributed by atoms with Gasteiger partial charge in [-0.25, -0.2) is 0 Å². The monoisotopic (exact) mass is 297 g/mol. The molecule has 1 atom stereocenters. The Kier molecular flexibility index (Phi) is 5.98. The number of amides is 2. The summed E-state index contributed by atoms with van der Waals surface area (Å²) in [7, 11) is 0. The fraction of sp³-hybridized carbons (Fsp3) is 0.429. The van der Waals surface area contributed by atoms with E-state index in [9.17, 15) is 9.59 Å². The fourth-order valence-corrected chi connectivity index (χ4v) is 1.69. The topological polar surface area (TPSA) is 84.2 Å². The molecule has 0 saturated heterocycles. The van der Waals surface area contributed by atoms with Crippen LogP contribution in [0.5, 0.6) is 0 Å². The molecule has 1 aromatic carbocycles. The molecular weight excluding hydrogens is 278 g/mol. The van der Waals surface area contributed by atoms with E-state index < -0.39 is 0 Å². The van der Waals surface area contributed by atoms with Crippen LogP contribution in [0.1, 0.15) is 31.1 Å². The highest BCUT2D eigenvalue weighted by atomic mass is 35.5. The third-order valence-corrected chi connectivity index (χ3v) is 2.94. The summed E-state index contributed by atoms with van der Waals surface area (Å²) in [6.45, 7) is 5.68. The van der Waals surface area contributed by atoms with Gasteiger partial charge in [-0.1, -0.05) is 18.5 Å². The summed E-state index contributed by atoms with van der Waals surface area (Å²) in [5.74, 6) is -0.837. The van der Waals surface area contributed by atoms with Gasteiger partial charge in [0, 0.05) is 23.5 Å². The first-order valence-electron chi connectivity index (χ1n) is 6.46. The van der Waals surface area contributed by atoms with Crippen LogP contribution in [-0.4, -0.2) is 24.4 Å². The fourth-order valence-electron chi connectivity index (χ4n) is 1.52. The van der Waals surface area contributed by atoms with E-state index in [-0.39, 0.29) is 30.3 Å². The Labute approximate surface area is 123 Å². The van der Waals surface area contributed by atoms with Crippen molar-refractivity contribution in [3.8, 4) is 0 Å². The van der Waals surface area contributed by atoms with E-state index in [1.54, 1.807) is 25.1 Å². The van der Waals surface area contributed by atoms with Crippen molar-refractivity contribution < 1.29 is 9.59 Å². The van der Waals surface area contributed by atoms with Gasteiger partial charge in [0.2, 0.25) is 5.91 Å². The first kappa shape index (κ1) is 16.5. The van der Waals surface area contributed by atoms with Gasteiger partial charge in [0.05, 0.1) is 11.3 Å². The molecule has 0 aliphatic carbocycles. The Morgan fingerprint density at radius 3 is 2.50 bits per heavy atom. The van der Waals surface area contributed by atoms with Crippen LogP contribution in [0.4, 0.5) is 5.69 Å². The van der Waals surface area contributed by atoms with Crippen molar-refractivity contribution in [1.82, 2.24) is 5.32 Å². The van der Waals surface area contributed by atoms with Crippen molar-refractivity contribution in [2.24, 2.45) is 11.7 Å². The zero-order valence-electron chi connectivity index (χ0n) is 11.9. The second-order valence-corrected chi connectivity index (χ2v) is 5.38. The van der Waals surface area contributed by atoms with Crippen LogP contribution in [-0.2, 0) is 4.79 Å². The molecule has 1 rings (SSSR count). The summed E-state index contributed by atoms with van der Waals surface area (Å²) < 4.78 is 0. The molecule has 110 valence electrons. The predicted molar refractivity (Wildman–Crippen MR) is 80.9 cm³/mol. The normalized spacial score (nSPS) is 12.1. The highest BCUT2D eigenvalue weighted by molar-refractivity contribution is 6.31. The van der Waals surface area contributed by atoms with Gasteiger partial charge in [-0.2, -0.15) is 0 Å². The average molecular weight is 298 g/mol. The summed E-state index contributed by atoms with van der Waals surface area (Å²) in [6, 6.07) is 4.75. The molecule has 0 heterocycles. The minimum absolute atomic E-state index is 0.00435. The van der Waals surface area contributed by atoms with E-state index in [2.05, 4.69) is 10.6 Å². The average Bonchev–Trinajstić information content (AvgIpc) is 2.36. The van der Waals surface area contributed by atoms with Gasteiger partial charge in [-0.15, -0.1) is 0 Å². The number of anilines is 1. The molecule has 0 aromatic heterocycles. The number of hydrogen-bond acceptors (Lipinski definition) is 3. The van der Waals surface area contributed by atoms with Gasteiger partial charge in [-0.05, 0) is 32.0 Å². The van der Waals surface area contributed by atoms with Crippen molar-refractivity contribution in [2.45, 2.75) is 26.8 Å². The van der Waals surface area contributed by atoms with E-state index in [1.807, 2.05) is 13.8 Å². The standard InChI is InChI=1S/C14H20ClN3O2/c1-8(2)17-14(20)11-5-4-10(15)6-12(11)18-13(19)9(3)7-16/h4-6,8-9H,7,16H2,1-3H3,(H,17,20)(H,18,19). The minimum atomic E-state index is -0.338. The molecule has 0 bridgehead atoms. The summed E-state index contributed by atoms with van der Waals surface area (Å²) in [4.78, 5) is 24.0. The lowest BCUT2D eigenvalue weighted by Crippen LogP contribution is -2.32. The number of nitrogens with two attached hydrogens (primary N) is 1. The molecule has 2 amide bonds. The molecule has 0 radical (unpaired) electrons. The molecule has 1 aromatic rings. The largest absolute Gasteiger partial charge is 0.350 e. The minimum Gasteiger partial charge on any atom is -0.350 e. The van der Waals surface area contributed by atoms with Crippen LogP contribution in [0.3, 0.4) is 0 Å². The van der Waals surface area contributed by atoms with E-state index >= 15 is 0 Å². The predicted octanol–water partition coefficient (Wildman–Crippen LogP) is 2.01. The molecule has 0 aliphatic heterocycles. The second kappa shape index (κ2) is 7.26. The van der Waals surface area contributed by atoms with Gasteiger partial charge in [-0.3, -0.25) is 9.59 Å². The summed E-state index contributed by atoms with van der Waals surface area (Å²) in [6.07, 6.45) is 0. The highest BCUT2D eigenvalue weighted by Crippen LogP contribution is 2.22. The molecule has 4 N–H and O–H groups in total. The summed E-state index contributed by atoms with van der Waals surface area (Å²) in [5.41, 5.74) is 6.22. The molecule has 0 fully saturated rings. The maximum Gasteiger partial charge on any atom is 0.253 e. The SMILES string of the molecule is CC(C)NC(=O)c1ccc(Cl)cc1NC(=O)C(C)CN. The number of nitrogens with one attached hydrogen (secondary N) is 2. The maximum absolute atomic E-state index is 12.1. The van der Waals surface area contributed by atoms with Gasteiger partial charge in [0.15, 0.2) is 0 Å². The van der Waals surface area contributed by atoms with Crippen LogP contribution < -0.4 is 16.4 Å². The maximum atomic E-state index is 12.1. The highest BCUT2D eigenvalue weighted by Gasteiger charge is 2.17. The Balaban J connectivity index is 3.02. The van der Waals surface area contributed by atoms with Crippen LogP contribution in [0.2, 0.25) is 5.02 Å². The number of rotatable bonds is 5. The van der Waals surface area contributed by atoms with Crippen molar-refractivity contribution in [3.05, 3.63) is 28.8 Å². The van der Waals surface area contributed by atoms with Crippen LogP contribution in [0.25, 0.3) is 0 Å². The number of halogens is 1. The summed E-state index contributed by atoms with van der Waals surface area (Å²) >= 11 is 5.92. The van der Waals surface area contributed by atoms with Crippen molar-refractivity contribution in [2.75, 3.05) is 11.9 Å². The molecule has 6 heteroatoms. The van der Waals surface area contributed by atoms with E-state index in [4.69, 9.17) is 17.3 Å². The second-order valence-electron chi connectivity index (χ2n) is 4.94. The van der Waals surface area contributed by atoms with Crippen molar-refractivity contribution in [1.29, 1.82) is 0 Å². The van der Waals surface area contributed by atoms with Crippen LogP contribution in [0, 0.1) is 5.92 Å². The number of benzene rings is 1.